The van der Waals surface area contributed by atoms with Gasteiger partial charge in [-0.15, -0.1) is 0 Å². The number of nitrogens with one attached hydrogen (secondary N) is 2. The van der Waals surface area contributed by atoms with E-state index in [4.69, 9.17) is 31.2 Å². The number of rotatable bonds is 8. The van der Waals surface area contributed by atoms with Crippen molar-refractivity contribution in [2.75, 3.05) is 62.9 Å². The molecule has 2 fully saturated rings. The molecule has 8 heteroatoms. The number of nitrogens with zero attached hydrogens (tertiary/aromatic N) is 1. The van der Waals surface area contributed by atoms with Gasteiger partial charge in [0.2, 0.25) is 0 Å². The molecule has 2 saturated heterocycles. The summed E-state index contributed by atoms with van der Waals surface area (Å²) < 4.78 is 22.9. The first-order chi connectivity index (χ1) is 13.7. The lowest BCUT2D eigenvalue weighted by molar-refractivity contribution is 0.114. The van der Waals surface area contributed by atoms with E-state index in [1.165, 1.54) is 0 Å². The Morgan fingerprint density at radius 1 is 1.14 bits per heavy atom. The molecule has 0 radical (unpaired) electrons. The molecule has 0 unspecified atom stereocenters. The first-order valence-electron chi connectivity index (χ1n) is 10.1. The predicted molar refractivity (Wildman–Crippen MR) is 115 cm³/mol. The van der Waals surface area contributed by atoms with Gasteiger partial charge < -0.3 is 34.5 Å². The largest absolute Gasteiger partial charge is 0.492 e. The molecule has 2 aliphatic heterocycles. The molecule has 1 aromatic rings. The smallest absolute Gasteiger partial charge is 0.170 e. The molecular weight excluding hydrogens is 378 g/mol. The third kappa shape index (κ3) is 5.62. The average molecular weight is 410 g/mol. The molecule has 28 heavy (non-hydrogen) atoms. The summed E-state index contributed by atoms with van der Waals surface area (Å²) in [7, 11) is 0. The second kappa shape index (κ2) is 10.7. The maximum atomic E-state index is 5.93. The molecule has 2 aliphatic rings. The Morgan fingerprint density at radius 2 is 1.89 bits per heavy atom. The molecule has 1 aromatic carbocycles. The van der Waals surface area contributed by atoms with Crippen molar-refractivity contribution in [2.24, 2.45) is 0 Å². The van der Waals surface area contributed by atoms with E-state index in [0.29, 0.717) is 38.1 Å². The third-order valence-corrected chi connectivity index (χ3v) is 5.02. The van der Waals surface area contributed by atoms with E-state index in [0.717, 1.165) is 55.4 Å². The number of ether oxygens (including phenoxy) is 4. The summed E-state index contributed by atoms with van der Waals surface area (Å²) in [6, 6.07) is 4.00. The Balaban J connectivity index is 1.75. The second-order valence-electron chi connectivity index (χ2n) is 6.75. The van der Waals surface area contributed by atoms with Gasteiger partial charge in [-0.05, 0) is 38.9 Å². The maximum Gasteiger partial charge on any atom is 0.170 e. The zero-order chi connectivity index (χ0) is 19.8. The van der Waals surface area contributed by atoms with Crippen LogP contribution in [-0.2, 0) is 9.47 Å². The summed E-state index contributed by atoms with van der Waals surface area (Å²) in [6.07, 6.45) is 2.42. The molecular formula is C20H31N3O4S. The zero-order valence-electron chi connectivity index (χ0n) is 16.8. The van der Waals surface area contributed by atoms with Gasteiger partial charge in [0.15, 0.2) is 5.11 Å². The summed E-state index contributed by atoms with van der Waals surface area (Å²) in [4.78, 5) is 2.27. The second-order valence-corrected chi connectivity index (χ2v) is 7.16. The average Bonchev–Trinajstić information content (AvgIpc) is 3.23. The van der Waals surface area contributed by atoms with E-state index in [1.54, 1.807) is 0 Å². The molecule has 0 amide bonds. The van der Waals surface area contributed by atoms with E-state index in [9.17, 15) is 0 Å². The number of anilines is 2. The van der Waals surface area contributed by atoms with Gasteiger partial charge in [-0.25, -0.2) is 0 Å². The van der Waals surface area contributed by atoms with Crippen molar-refractivity contribution < 1.29 is 18.9 Å². The van der Waals surface area contributed by atoms with Crippen molar-refractivity contribution in [3.05, 3.63) is 12.1 Å². The molecule has 0 spiro atoms. The fraction of sp³-hybridized carbons (Fsp3) is 0.650. The lowest BCUT2D eigenvalue weighted by Gasteiger charge is -2.31. The predicted octanol–water partition coefficient (Wildman–Crippen LogP) is 2.79. The van der Waals surface area contributed by atoms with E-state index < -0.39 is 0 Å². The van der Waals surface area contributed by atoms with Crippen LogP contribution in [0.25, 0.3) is 0 Å². The fourth-order valence-corrected chi connectivity index (χ4v) is 3.62. The van der Waals surface area contributed by atoms with Gasteiger partial charge in [0.25, 0.3) is 0 Å². The first kappa shape index (κ1) is 21.0. The minimum Gasteiger partial charge on any atom is -0.492 e. The van der Waals surface area contributed by atoms with Gasteiger partial charge in [0.05, 0.1) is 43.9 Å². The van der Waals surface area contributed by atoms with Crippen LogP contribution in [-0.4, -0.2) is 63.9 Å². The Morgan fingerprint density at radius 3 is 2.57 bits per heavy atom. The van der Waals surface area contributed by atoms with Crippen LogP contribution < -0.4 is 25.0 Å². The summed E-state index contributed by atoms with van der Waals surface area (Å²) in [5.74, 6) is 1.57. The molecule has 1 atom stereocenters. The van der Waals surface area contributed by atoms with Crippen LogP contribution in [0.2, 0.25) is 0 Å². The van der Waals surface area contributed by atoms with E-state index in [2.05, 4.69) is 15.5 Å². The number of morpholine rings is 1. The zero-order valence-corrected chi connectivity index (χ0v) is 17.6. The van der Waals surface area contributed by atoms with Gasteiger partial charge in [-0.3, -0.25) is 0 Å². The molecule has 156 valence electrons. The lowest BCUT2D eigenvalue weighted by atomic mass is 10.2. The van der Waals surface area contributed by atoms with Gasteiger partial charge >= 0.3 is 0 Å². The highest BCUT2D eigenvalue weighted by atomic mass is 32.1. The van der Waals surface area contributed by atoms with Crippen LogP contribution in [0.15, 0.2) is 12.1 Å². The minimum absolute atomic E-state index is 0.230. The van der Waals surface area contributed by atoms with Crippen LogP contribution in [0.1, 0.15) is 26.7 Å². The number of hydrogen-bond acceptors (Lipinski definition) is 6. The normalized spacial score (nSPS) is 19.4. The SMILES string of the molecule is CCOc1cc(N2CCOCC2)c(OCC)cc1NC(=S)NC[C@H]1CCCO1. The monoisotopic (exact) mass is 409 g/mol. The summed E-state index contributed by atoms with van der Waals surface area (Å²) in [5.41, 5.74) is 1.82. The van der Waals surface area contributed by atoms with Crippen LogP contribution in [0.4, 0.5) is 11.4 Å². The van der Waals surface area contributed by atoms with Crippen molar-refractivity contribution in [1.82, 2.24) is 5.32 Å². The number of hydrogen-bond donors (Lipinski definition) is 2. The highest BCUT2D eigenvalue weighted by molar-refractivity contribution is 7.80. The molecule has 0 aliphatic carbocycles. The summed E-state index contributed by atoms with van der Waals surface area (Å²) >= 11 is 5.48. The standard InChI is InChI=1S/C20H31N3O4S/c1-3-25-18-13-17(23-7-10-24-11-8-23)19(26-4-2)12-16(18)22-20(28)21-14-15-6-5-9-27-15/h12-13,15H,3-11,14H2,1-2H3,(H2,21,22,28)/t15-/m1/s1. The van der Waals surface area contributed by atoms with Gasteiger partial charge in [-0.1, -0.05) is 0 Å². The quantitative estimate of drug-likeness (QED) is 0.636. The summed E-state index contributed by atoms with van der Waals surface area (Å²) in [5, 5.41) is 7.06. The first-order valence-corrected chi connectivity index (χ1v) is 10.5. The molecule has 0 bridgehead atoms. The molecule has 2 heterocycles. The Kier molecular flexibility index (Phi) is 8.00. The van der Waals surface area contributed by atoms with Crippen LogP contribution in [0.3, 0.4) is 0 Å². The van der Waals surface area contributed by atoms with Crippen molar-refractivity contribution >= 4 is 28.7 Å². The lowest BCUT2D eigenvalue weighted by Crippen LogP contribution is -2.36. The van der Waals surface area contributed by atoms with Gasteiger partial charge in [0, 0.05) is 38.4 Å². The highest BCUT2D eigenvalue weighted by Gasteiger charge is 2.20. The van der Waals surface area contributed by atoms with Crippen molar-refractivity contribution in [2.45, 2.75) is 32.8 Å². The van der Waals surface area contributed by atoms with E-state index in [1.807, 2.05) is 26.0 Å². The molecule has 2 N–H and O–H groups in total. The highest BCUT2D eigenvalue weighted by Crippen LogP contribution is 2.39. The van der Waals surface area contributed by atoms with Crippen molar-refractivity contribution in [3.8, 4) is 11.5 Å². The van der Waals surface area contributed by atoms with E-state index >= 15 is 0 Å². The van der Waals surface area contributed by atoms with Crippen LogP contribution >= 0.6 is 12.2 Å². The van der Waals surface area contributed by atoms with Crippen LogP contribution in [0.5, 0.6) is 11.5 Å². The van der Waals surface area contributed by atoms with E-state index in [-0.39, 0.29) is 6.10 Å². The Labute approximate surface area is 172 Å². The van der Waals surface area contributed by atoms with Gasteiger partial charge in [-0.2, -0.15) is 0 Å². The van der Waals surface area contributed by atoms with Crippen LogP contribution in [0, 0.1) is 0 Å². The van der Waals surface area contributed by atoms with Crippen molar-refractivity contribution in [3.63, 3.8) is 0 Å². The third-order valence-electron chi connectivity index (χ3n) is 4.78. The fourth-order valence-electron chi connectivity index (χ4n) is 3.42. The number of thiocarbonyl (C=S) groups is 1. The molecule has 3 rings (SSSR count). The number of benzene rings is 1. The molecule has 0 saturated carbocycles. The molecule has 7 nitrogen and oxygen atoms in total. The maximum absolute atomic E-state index is 5.93. The minimum atomic E-state index is 0.230. The molecule has 0 aromatic heterocycles. The van der Waals surface area contributed by atoms with Crippen molar-refractivity contribution in [1.29, 1.82) is 0 Å². The Hall–Kier alpha value is -1.77. The van der Waals surface area contributed by atoms with Gasteiger partial charge in [0.1, 0.15) is 11.5 Å². The summed E-state index contributed by atoms with van der Waals surface area (Å²) in [6.45, 7) is 9.76. The topological polar surface area (TPSA) is 64.2 Å². The Bertz CT molecular complexity index is 647.